The number of methoxy groups -OCH3 is 1. The van der Waals surface area contributed by atoms with Crippen LogP contribution in [-0.4, -0.2) is 24.7 Å². The van der Waals surface area contributed by atoms with Gasteiger partial charge in [-0.25, -0.2) is 0 Å². The average Bonchev–Trinajstić information content (AvgIpc) is 2.33. The third kappa shape index (κ3) is 1.87. The van der Waals surface area contributed by atoms with E-state index in [1.807, 2.05) is 24.5 Å². The van der Waals surface area contributed by atoms with Crippen LogP contribution in [0.1, 0.15) is 12.0 Å². The highest BCUT2D eigenvalue weighted by atomic mass is 16.5. The highest BCUT2D eigenvalue weighted by Gasteiger charge is 2.18. The van der Waals surface area contributed by atoms with Gasteiger partial charge in [0.1, 0.15) is 5.75 Å². The number of nitrogens with zero attached hydrogens (tertiary/aromatic N) is 1. The lowest BCUT2D eigenvalue weighted by atomic mass is 9.95. The van der Waals surface area contributed by atoms with Gasteiger partial charge in [-0.3, -0.25) is 4.98 Å². The molecule has 0 saturated carbocycles. The summed E-state index contributed by atoms with van der Waals surface area (Å²) in [5.74, 6) is 0.944. The summed E-state index contributed by atoms with van der Waals surface area (Å²) >= 11 is 0. The zero-order chi connectivity index (χ0) is 11.7. The SMILES string of the molecule is COc1cccc2cncc(C[C@H]3CCN3)c12. The van der Waals surface area contributed by atoms with E-state index < -0.39 is 0 Å². The minimum absolute atomic E-state index is 0.604. The Balaban J connectivity index is 2.08. The fourth-order valence-corrected chi connectivity index (χ4v) is 2.38. The first kappa shape index (κ1) is 10.5. The predicted molar refractivity (Wildman–Crippen MR) is 68.4 cm³/mol. The minimum atomic E-state index is 0.604. The molecule has 1 aliphatic rings. The van der Waals surface area contributed by atoms with Crippen molar-refractivity contribution in [3.63, 3.8) is 0 Å². The molecule has 1 atom stereocenters. The molecule has 1 fully saturated rings. The second-order valence-electron chi connectivity index (χ2n) is 4.50. The Bertz CT molecular complexity index is 529. The summed E-state index contributed by atoms with van der Waals surface area (Å²) in [6, 6.07) is 6.71. The molecule has 0 aliphatic carbocycles. The summed E-state index contributed by atoms with van der Waals surface area (Å²) in [5.41, 5.74) is 1.28. The molecular weight excluding hydrogens is 212 g/mol. The zero-order valence-corrected chi connectivity index (χ0v) is 9.94. The van der Waals surface area contributed by atoms with E-state index in [1.54, 1.807) is 7.11 Å². The highest BCUT2D eigenvalue weighted by molar-refractivity contribution is 5.90. The molecule has 17 heavy (non-hydrogen) atoms. The van der Waals surface area contributed by atoms with E-state index in [0.29, 0.717) is 6.04 Å². The molecule has 0 radical (unpaired) electrons. The molecule has 0 bridgehead atoms. The molecule has 3 nitrogen and oxygen atoms in total. The smallest absolute Gasteiger partial charge is 0.127 e. The van der Waals surface area contributed by atoms with Crippen LogP contribution in [0.15, 0.2) is 30.6 Å². The monoisotopic (exact) mass is 228 g/mol. The van der Waals surface area contributed by atoms with E-state index in [2.05, 4.69) is 16.4 Å². The van der Waals surface area contributed by atoms with Crippen LogP contribution >= 0.6 is 0 Å². The Labute approximate surface area is 101 Å². The van der Waals surface area contributed by atoms with Gasteiger partial charge in [-0.05, 0) is 31.0 Å². The normalized spacial score (nSPS) is 19.0. The van der Waals surface area contributed by atoms with Gasteiger partial charge in [0.2, 0.25) is 0 Å². The number of rotatable bonds is 3. The molecule has 2 aromatic rings. The van der Waals surface area contributed by atoms with E-state index in [-0.39, 0.29) is 0 Å². The standard InChI is InChI=1S/C14H16N2O/c1-17-13-4-2-3-10-8-15-9-11(14(10)13)7-12-5-6-16-12/h2-4,8-9,12,16H,5-7H2,1H3/t12-/m1/s1. The molecule has 3 heteroatoms. The lowest BCUT2D eigenvalue weighted by molar-refractivity contribution is 0.369. The van der Waals surface area contributed by atoms with Crippen molar-refractivity contribution in [2.45, 2.75) is 18.9 Å². The minimum Gasteiger partial charge on any atom is -0.496 e. The fraction of sp³-hybridized carbons (Fsp3) is 0.357. The van der Waals surface area contributed by atoms with E-state index in [1.165, 1.54) is 17.4 Å². The first-order valence-electron chi connectivity index (χ1n) is 6.01. The van der Waals surface area contributed by atoms with Crippen LogP contribution in [0.25, 0.3) is 10.8 Å². The second-order valence-corrected chi connectivity index (χ2v) is 4.50. The molecule has 1 N–H and O–H groups in total. The molecule has 2 heterocycles. The van der Waals surface area contributed by atoms with Crippen molar-refractivity contribution in [2.75, 3.05) is 13.7 Å². The summed E-state index contributed by atoms with van der Waals surface area (Å²) in [6.07, 6.45) is 6.15. The van der Waals surface area contributed by atoms with Gasteiger partial charge in [-0.15, -0.1) is 0 Å². The van der Waals surface area contributed by atoms with Crippen LogP contribution < -0.4 is 10.1 Å². The molecule has 88 valence electrons. The molecule has 0 unspecified atom stereocenters. The number of hydrogen-bond acceptors (Lipinski definition) is 3. The van der Waals surface area contributed by atoms with Crippen LogP contribution in [0.3, 0.4) is 0 Å². The van der Waals surface area contributed by atoms with Crippen LogP contribution in [-0.2, 0) is 6.42 Å². The molecule has 1 aromatic carbocycles. The maximum absolute atomic E-state index is 5.45. The number of aromatic nitrogens is 1. The van der Waals surface area contributed by atoms with Gasteiger partial charge in [0.25, 0.3) is 0 Å². The number of fused-ring (bicyclic) bond motifs is 1. The van der Waals surface area contributed by atoms with Gasteiger partial charge in [0.05, 0.1) is 7.11 Å². The summed E-state index contributed by atoms with van der Waals surface area (Å²) in [4.78, 5) is 4.32. The second kappa shape index (κ2) is 4.34. The number of pyridine rings is 1. The van der Waals surface area contributed by atoms with Crippen molar-refractivity contribution in [3.8, 4) is 5.75 Å². The molecule has 1 aliphatic heterocycles. The van der Waals surface area contributed by atoms with E-state index in [4.69, 9.17) is 4.74 Å². The van der Waals surface area contributed by atoms with Gasteiger partial charge in [0, 0.05) is 29.2 Å². The van der Waals surface area contributed by atoms with Crippen LogP contribution in [0.2, 0.25) is 0 Å². The summed E-state index contributed by atoms with van der Waals surface area (Å²) in [6.45, 7) is 1.14. The topological polar surface area (TPSA) is 34.1 Å². The van der Waals surface area contributed by atoms with Crippen LogP contribution in [0.5, 0.6) is 5.75 Å². The van der Waals surface area contributed by atoms with Crippen molar-refractivity contribution >= 4 is 10.8 Å². The lowest BCUT2D eigenvalue weighted by Gasteiger charge is -2.28. The Morgan fingerprint density at radius 2 is 2.29 bits per heavy atom. The quantitative estimate of drug-likeness (QED) is 0.874. The maximum atomic E-state index is 5.45. The number of ether oxygens (including phenoxy) is 1. The van der Waals surface area contributed by atoms with Crippen molar-refractivity contribution in [1.82, 2.24) is 10.3 Å². The van der Waals surface area contributed by atoms with Gasteiger partial charge in [0.15, 0.2) is 0 Å². The van der Waals surface area contributed by atoms with Crippen LogP contribution in [0.4, 0.5) is 0 Å². The number of hydrogen-bond donors (Lipinski definition) is 1. The summed E-state index contributed by atoms with van der Waals surface area (Å²) in [5, 5.41) is 5.79. The van der Waals surface area contributed by atoms with E-state index in [0.717, 1.165) is 24.1 Å². The Kier molecular flexibility index (Phi) is 2.69. The van der Waals surface area contributed by atoms with Gasteiger partial charge in [-0.2, -0.15) is 0 Å². The van der Waals surface area contributed by atoms with E-state index in [9.17, 15) is 0 Å². The van der Waals surface area contributed by atoms with Crippen molar-refractivity contribution < 1.29 is 4.74 Å². The van der Waals surface area contributed by atoms with Crippen LogP contribution in [0, 0.1) is 0 Å². The average molecular weight is 228 g/mol. The lowest BCUT2D eigenvalue weighted by Crippen LogP contribution is -2.44. The van der Waals surface area contributed by atoms with Crippen molar-refractivity contribution in [3.05, 3.63) is 36.2 Å². The molecule has 1 aromatic heterocycles. The molecular formula is C14H16N2O. The number of nitrogens with one attached hydrogen (secondary N) is 1. The van der Waals surface area contributed by atoms with E-state index >= 15 is 0 Å². The first-order valence-corrected chi connectivity index (χ1v) is 6.01. The van der Waals surface area contributed by atoms with Crippen molar-refractivity contribution in [1.29, 1.82) is 0 Å². The highest BCUT2D eigenvalue weighted by Crippen LogP contribution is 2.29. The van der Waals surface area contributed by atoms with Gasteiger partial charge < -0.3 is 10.1 Å². The predicted octanol–water partition coefficient (Wildman–Crippen LogP) is 2.15. The molecule has 1 saturated heterocycles. The largest absolute Gasteiger partial charge is 0.496 e. The van der Waals surface area contributed by atoms with Gasteiger partial charge >= 0.3 is 0 Å². The first-order chi connectivity index (χ1) is 8.38. The summed E-state index contributed by atoms with van der Waals surface area (Å²) < 4.78 is 5.45. The number of benzene rings is 1. The fourth-order valence-electron chi connectivity index (χ4n) is 2.38. The molecule has 0 amide bonds. The van der Waals surface area contributed by atoms with Gasteiger partial charge in [-0.1, -0.05) is 12.1 Å². The molecule has 0 spiro atoms. The van der Waals surface area contributed by atoms with Crippen molar-refractivity contribution in [2.24, 2.45) is 0 Å². The molecule has 3 rings (SSSR count). The maximum Gasteiger partial charge on any atom is 0.127 e. The Morgan fingerprint density at radius 3 is 3.00 bits per heavy atom. The Hall–Kier alpha value is -1.61. The third-order valence-corrected chi connectivity index (χ3v) is 3.44. The third-order valence-electron chi connectivity index (χ3n) is 3.44. The Morgan fingerprint density at radius 1 is 1.41 bits per heavy atom. The summed E-state index contributed by atoms with van der Waals surface area (Å²) in [7, 11) is 1.72. The zero-order valence-electron chi connectivity index (χ0n) is 9.94.